The molecule has 0 saturated carbocycles. The van der Waals surface area contributed by atoms with Crippen LogP contribution in [-0.2, 0) is 4.79 Å². The summed E-state index contributed by atoms with van der Waals surface area (Å²) in [6.45, 7) is 0. The van der Waals surface area contributed by atoms with Gasteiger partial charge in [-0.3, -0.25) is 14.7 Å². The Morgan fingerprint density at radius 3 is 3.00 bits per heavy atom. The first-order chi connectivity index (χ1) is 5.88. The highest BCUT2D eigenvalue weighted by molar-refractivity contribution is 8.00. The minimum absolute atomic E-state index is 0.112. The number of amides is 1. The topological polar surface area (TPSA) is 46.1 Å². The van der Waals surface area contributed by atoms with Crippen molar-refractivity contribution in [3.05, 3.63) is 18.6 Å². The second kappa shape index (κ2) is 3.10. The van der Waals surface area contributed by atoms with Crippen LogP contribution in [0.3, 0.4) is 0 Å². The third-order valence-electron chi connectivity index (χ3n) is 1.57. The number of rotatable bonds is 1. The van der Waals surface area contributed by atoms with Crippen LogP contribution in [0, 0.1) is 0 Å². The van der Waals surface area contributed by atoms with Crippen molar-refractivity contribution in [1.82, 2.24) is 9.97 Å². The molecule has 2 rings (SSSR count). The van der Waals surface area contributed by atoms with Crippen LogP contribution in [0.2, 0.25) is 0 Å². The van der Waals surface area contributed by atoms with E-state index in [-0.39, 0.29) is 5.91 Å². The van der Waals surface area contributed by atoms with Crippen LogP contribution in [0.5, 0.6) is 0 Å². The number of anilines is 1. The van der Waals surface area contributed by atoms with Gasteiger partial charge in [0, 0.05) is 12.4 Å². The first-order valence-electron chi connectivity index (χ1n) is 3.52. The number of hydrogen-bond donors (Lipinski definition) is 0. The summed E-state index contributed by atoms with van der Waals surface area (Å²) < 4.78 is 0. The minimum atomic E-state index is 0.112. The molecule has 0 N–H and O–H groups in total. The van der Waals surface area contributed by atoms with E-state index in [0.29, 0.717) is 17.4 Å². The Hall–Kier alpha value is -1.10. The zero-order valence-corrected chi connectivity index (χ0v) is 7.12. The van der Waals surface area contributed by atoms with Gasteiger partial charge in [0.2, 0.25) is 5.91 Å². The van der Waals surface area contributed by atoms with Crippen molar-refractivity contribution in [1.29, 1.82) is 0 Å². The molecule has 0 spiro atoms. The average molecular weight is 181 g/mol. The van der Waals surface area contributed by atoms with Crippen LogP contribution < -0.4 is 4.90 Å². The van der Waals surface area contributed by atoms with E-state index in [2.05, 4.69) is 9.97 Å². The summed E-state index contributed by atoms with van der Waals surface area (Å²) in [6.07, 6.45) is 4.78. The molecule has 0 bridgehead atoms. The SMILES string of the molecule is O=C1CSCN1c1cnccn1. The predicted octanol–water partition coefficient (Wildman–Crippen LogP) is 0.514. The second-order valence-corrected chi connectivity index (χ2v) is 3.32. The molecule has 1 saturated heterocycles. The van der Waals surface area contributed by atoms with Crippen molar-refractivity contribution in [2.75, 3.05) is 16.5 Å². The van der Waals surface area contributed by atoms with Crippen molar-refractivity contribution in [3.63, 3.8) is 0 Å². The molecule has 1 fully saturated rings. The van der Waals surface area contributed by atoms with Crippen LogP contribution in [0.15, 0.2) is 18.6 Å². The summed E-state index contributed by atoms with van der Waals surface area (Å²) in [6, 6.07) is 0. The molecule has 1 aliphatic rings. The summed E-state index contributed by atoms with van der Waals surface area (Å²) >= 11 is 1.59. The number of aromatic nitrogens is 2. The molecule has 0 atom stereocenters. The summed E-state index contributed by atoms with van der Waals surface area (Å²) in [5.41, 5.74) is 0. The van der Waals surface area contributed by atoms with Gasteiger partial charge in [-0.25, -0.2) is 4.98 Å². The minimum Gasteiger partial charge on any atom is -0.285 e. The van der Waals surface area contributed by atoms with Crippen molar-refractivity contribution >= 4 is 23.5 Å². The molecule has 1 amide bonds. The molecule has 12 heavy (non-hydrogen) atoms. The molecule has 0 aliphatic carbocycles. The fourth-order valence-corrected chi connectivity index (χ4v) is 1.88. The van der Waals surface area contributed by atoms with Crippen LogP contribution in [-0.4, -0.2) is 27.5 Å². The lowest BCUT2D eigenvalue weighted by molar-refractivity contribution is -0.115. The van der Waals surface area contributed by atoms with E-state index >= 15 is 0 Å². The molecule has 4 nitrogen and oxygen atoms in total. The lowest BCUT2D eigenvalue weighted by Crippen LogP contribution is -2.25. The third-order valence-corrected chi connectivity index (χ3v) is 2.46. The Balaban J connectivity index is 2.25. The Labute approximate surface area is 74.0 Å². The van der Waals surface area contributed by atoms with Gasteiger partial charge in [-0.05, 0) is 0 Å². The number of hydrogen-bond acceptors (Lipinski definition) is 4. The van der Waals surface area contributed by atoms with Crippen molar-refractivity contribution < 1.29 is 4.79 Å². The molecule has 1 aromatic heterocycles. The Kier molecular flexibility index (Phi) is 1.95. The van der Waals surface area contributed by atoms with E-state index in [1.165, 1.54) is 0 Å². The van der Waals surface area contributed by atoms with Crippen LogP contribution in [0.25, 0.3) is 0 Å². The molecule has 62 valence electrons. The number of carbonyl (C=O) groups excluding carboxylic acids is 1. The van der Waals surface area contributed by atoms with E-state index in [1.54, 1.807) is 35.3 Å². The molecule has 1 aromatic rings. The van der Waals surface area contributed by atoms with Crippen molar-refractivity contribution in [2.45, 2.75) is 0 Å². The van der Waals surface area contributed by atoms with E-state index in [9.17, 15) is 4.79 Å². The monoisotopic (exact) mass is 181 g/mol. The zero-order chi connectivity index (χ0) is 8.39. The van der Waals surface area contributed by atoms with Crippen molar-refractivity contribution in [2.24, 2.45) is 0 Å². The Bertz CT molecular complexity index is 290. The van der Waals surface area contributed by atoms with Gasteiger partial charge in [-0.1, -0.05) is 0 Å². The van der Waals surface area contributed by atoms with Crippen molar-refractivity contribution in [3.8, 4) is 0 Å². The molecule has 0 aromatic carbocycles. The van der Waals surface area contributed by atoms with Crippen LogP contribution in [0.1, 0.15) is 0 Å². The van der Waals surface area contributed by atoms with Gasteiger partial charge in [0.15, 0.2) is 5.82 Å². The standard InChI is InChI=1S/C7H7N3OS/c11-7-4-12-5-10(7)6-3-8-1-2-9-6/h1-3H,4-5H2. The number of thioether (sulfide) groups is 1. The second-order valence-electron chi connectivity index (χ2n) is 2.36. The normalized spacial score (nSPS) is 17.0. The zero-order valence-electron chi connectivity index (χ0n) is 6.30. The summed E-state index contributed by atoms with van der Waals surface area (Å²) in [5.74, 6) is 2.00. The van der Waals surface area contributed by atoms with Gasteiger partial charge >= 0.3 is 0 Å². The molecule has 0 radical (unpaired) electrons. The van der Waals surface area contributed by atoms with Gasteiger partial charge < -0.3 is 0 Å². The summed E-state index contributed by atoms with van der Waals surface area (Å²) in [5, 5.41) is 0. The largest absolute Gasteiger partial charge is 0.285 e. The first-order valence-corrected chi connectivity index (χ1v) is 4.67. The quantitative estimate of drug-likeness (QED) is 0.633. The van der Waals surface area contributed by atoms with E-state index in [4.69, 9.17) is 0 Å². The van der Waals surface area contributed by atoms with Gasteiger partial charge in [-0.2, -0.15) is 0 Å². The lowest BCUT2D eigenvalue weighted by atomic mass is 10.5. The van der Waals surface area contributed by atoms with Gasteiger partial charge in [0.25, 0.3) is 0 Å². The maximum Gasteiger partial charge on any atom is 0.239 e. The lowest BCUT2D eigenvalue weighted by Gasteiger charge is -2.11. The van der Waals surface area contributed by atoms with E-state index in [0.717, 1.165) is 0 Å². The highest BCUT2D eigenvalue weighted by Gasteiger charge is 2.22. The van der Waals surface area contributed by atoms with Crippen LogP contribution in [0.4, 0.5) is 5.82 Å². The van der Waals surface area contributed by atoms with Gasteiger partial charge in [-0.15, -0.1) is 11.8 Å². The third kappa shape index (κ3) is 1.27. The highest BCUT2D eigenvalue weighted by atomic mass is 32.2. The first kappa shape index (κ1) is 7.54. The fraction of sp³-hybridized carbons (Fsp3) is 0.286. The van der Waals surface area contributed by atoms with E-state index < -0.39 is 0 Å². The molecule has 2 heterocycles. The smallest absolute Gasteiger partial charge is 0.239 e. The number of carbonyl (C=O) groups is 1. The molecule has 0 unspecified atom stereocenters. The molecule has 5 heteroatoms. The molecular weight excluding hydrogens is 174 g/mol. The maximum absolute atomic E-state index is 11.2. The van der Waals surface area contributed by atoms with Gasteiger partial charge in [0.1, 0.15) is 0 Å². The van der Waals surface area contributed by atoms with E-state index in [1.807, 2.05) is 0 Å². The maximum atomic E-state index is 11.2. The highest BCUT2D eigenvalue weighted by Crippen LogP contribution is 2.20. The predicted molar refractivity (Wildman–Crippen MR) is 46.8 cm³/mol. The Morgan fingerprint density at radius 1 is 1.50 bits per heavy atom. The Morgan fingerprint density at radius 2 is 2.42 bits per heavy atom. The van der Waals surface area contributed by atoms with Crippen LogP contribution >= 0.6 is 11.8 Å². The molecule has 1 aliphatic heterocycles. The summed E-state index contributed by atoms with van der Waals surface area (Å²) in [4.78, 5) is 20.8. The van der Waals surface area contributed by atoms with Gasteiger partial charge in [0.05, 0.1) is 17.8 Å². The average Bonchev–Trinajstić information content (AvgIpc) is 2.53. The fourth-order valence-electron chi connectivity index (χ4n) is 0.999. The molecular formula is C7H7N3OS. The summed E-state index contributed by atoms with van der Waals surface area (Å²) in [7, 11) is 0. The number of nitrogens with zero attached hydrogens (tertiary/aromatic N) is 3.